The van der Waals surface area contributed by atoms with Gasteiger partial charge in [0.05, 0.1) is 29.9 Å². The number of aromatic nitrogens is 1. The normalized spacial score (nSPS) is 14.6. The molecule has 362 valence electrons. The summed E-state index contributed by atoms with van der Waals surface area (Å²) in [5.41, 5.74) is 4.86. The van der Waals surface area contributed by atoms with Gasteiger partial charge in [-0.1, -0.05) is 130 Å². The summed E-state index contributed by atoms with van der Waals surface area (Å²) in [6.45, 7) is 7.62. The quantitative estimate of drug-likeness (QED) is 0.0369. The molecule has 0 radical (unpaired) electrons. The van der Waals surface area contributed by atoms with Gasteiger partial charge < -0.3 is 30.3 Å². The largest absolute Gasteiger partial charge is 0.393 e. The van der Waals surface area contributed by atoms with Crippen LogP contribution in [0.4, 0.5) is 10.1 Å². The zero-order valence-corrected chi connectivity index (χ0v) is 40.4. The lowest BCUT2D eigenvalue weighted by Gasteiger charge is -2.32. The predicted octanol–water partition coefficient (Wildman–Crippen LogP) is 12.3. The fourth-order valence-corrected chi connectivity index (χ4v) is 8.67. The number of unbranched alkanes of at least 4 members (excludes halogenated alkanes) is 1. The van der Waals surface area contributed by atoms with E-state index in [-0.39, 0.29) is 54.8 Å². The van der Waals surface area contributed by atoms with E-state index in [4.69, 9.17) is 0 Å². The Balaban J connectivity index is 1.08. The number of carbonyl (C=O) groups excluding carboxylic acids is 3. The van der Waals surface area contributed by atoms with Crippen molar-refractivity contribution in [2.24, 2.45) is 0 Å². The first-order valence-electron chi connectivity index (χ1n) is 24.7. The molecule has 4 N–H and O–H groups in total. The maximum atomic E-state index is 14.4. The Bertz CT molecular complexity index is 2300. The van der Waals surface area contributed by atoms with Gasteiger partial charge in [0.2, 0.25) is 11.8 Å². The fourth-order valence-electron chi connectivity index (χ4n) is 8.67. The highest BCUT2D eigenvalue weighted by atomic mass is 19.1. The van der Waals surface area contributed by atoms with Crippen LogP contribution in [-0.4, -0.2) is 68.7 Å². The van der Waals surface area contributed by atoms with Crippen molar-refractivity contribution < 1.29 is 29.0 Å². The second-order valence-corrected chi connectivity index (χ2v) is 17.8. The summed E-state index contributed by atoms with van der Waals surface area (Å²) in [7, 11) is 0. The van der Waals surface area contributed by atoms with Crippen LogP contribution < -0.4 is 10.6 Å². The van der Waals surface area contributed by atoms with Crippen LogP contribution in [0.15, 0.2) is 146 Å². The number of piperidine rings is 1. The standard InChI is InChI=1S/C58H73FN4O5/c1-4-5-6-7-8-9-10-11-12-13-14-15-16-17-18-19-26-31-53(67)62-39-36-49(37-40-62)60-52(66)43-51(65)42-50(64)38-41-63-56(44(2)3)55(58(68)61-48-29-24-21-25-30-48)54(45-27-22-20-23-28-45)57(63)46-32-34-47(59)35-33-46/h5-6,8-9,11-12,14-15,17-18,20-25,27-30,32-35,44,49-51,64-65H,4,7,10,13,16,19,26,31,36-43H2,1-3H3,(H,60,66)(H,61,68)/t50-,51-/m1/s1. The molecule has 4 aromatic rings. The topological polar surface area (TPSA) is 124 Å². The molecular formula is C58H73FN4O5. The Labute approximate surface area is 404 Å². The van der Waals surface area contributed by atoms with E-state index in [0.29, 0.717) is 61.3 Å². The summed E-state index contributed by atoms with van der Waals surface area (Å²) in [4.78, 5) is 42.2. The Hall–Kier alpha value is -6.10. The molecule has 0 aliphatic carbocycles. The first-order chi connectivity index (χ1) is 33.0. The minimum absolute atomic E-state index is 0.0168. The number of benzene rings is 3. The molecule has 1 aliphatic heterocycles. The van der Waals surface area contributed by atoms with Crippen LogP contribution in [0, 0.1) is 5.82 Å². The van der Waals surface area contributed by atoms with E-state index >= 15 is 0 Å². The van der Waals surface area contributed by atoms with Crippen LogP contribution in [0.2, 0.25) is 0 Å². The summed E-state index contributed by atoms with van der Waals surface area (Å²) in [6.07, 6.45) is 28.1. The number of nitrogens with one attached hydrogen (secondary N) is 2. The molecule has 5 rings (SSSR count). The summed E-state index contributed by atoms with van der Waals surface area (Å²) >= 11 is 0. The van der Waals surface area contributed by atoms with Crippen LogP contribution in [0.1, 0.15) is 126 Å². The van der Waals surface area contributed by atoms with Crippen molar-refractivity contribution in [1.29, 1.82) is 0 Å². The van der Waals surface area contributed by atoms with Gasteiger partial charge in [0.15, 0.2) is 0 Å². The molecule has 0 spiro atoms. The van der Waals surface area contributed by atoms with Gasteiger partial charge in [-0.15, -0.1) is 0 Å². The molecule has 9 nitrogen and oxygen atoms in total. The zero-order chi connectivity index (χ0) is 48.5. The van der Waals surface area contributed by atoms with Crippen molar-refractivity contribution >= 4 is 23.4 Å². The monoisotopic (exact) mass is 925 g/mol. The highest BCUT2D eigenvalue weighted by molar-refractivity contribution is 6.12. The van der Waals surface area contributed by atoms with Gasteiger partial charge in [0.1, 0.15) is 5.82 Å². The van der Waals surface area contributed by atoms with E-state index in [9.17, 15) is 29.0 Å². The Kier molecular flexibility index (Phi) is 22.5. The third kappa shape index (κ3) is 17.2. The maximum absolute atomic E-state index is 14.4. The van der Waals surface area contributed by atoms with Crippen LogP contribution in [0.3, 0.4) is 0 Å². The zero-order valence-electron chi connectivity index (χ0n) is 40.4. The fraction of sp³-hybridized carbons (Fsp3) is 0.397. The van der Waals surface area contributed by atoms with E-state index in [0.717, 1.165) is 61.9 Å². The average molecular weight is 925 g/mol. The third-order valence-corrected chi connectivity index (χ3v) is 12.1. The first-order valence-corrected chi connectivity index (χ1v) is 24.7. The van der Waals surface area contributed by atoms with Crippen LogP contribution >= 0.6 is 0 Å². The number of amides is 3. The second kappa shape index (κ2) is 28.9. The summed E-state index contributed by atoms with van der Waals surface area (Å²) in [6, 6.07) is 25.0. The molecule has 0 saturated carbocycles. The minimum atomic E-state index is -1.08. The summed E-state index contributed by atoms with van der Waals surface area (Å²) in [5.74, 6) is -0.945. The number of aliphatic hydroxyl groups excluding tert-OH is 2. The van der Waals surface area contributed by atoms with Gasteiger partial charge in [0, 0.05) is 49.0 Å². The van der Waals surface area contributed by atoms with Crippen molar-refractivity contribution in [3.63, 3.8) is 0 Å². The van der Waals surface area contributed by atoms with E-state index < -0.39 is 12.2 Å². The van der Waals surface area contributed by atoms with Gasteiger partial charge in [-0.2, -0.15) is 0 Å². The Morgan fingerprint density at radius 1 is 0.735 bits per heavy atom. The number of allylic oxidation sites excluding steroid dienone is 10. The number of likely N-dealkylation sites (tertiary alicyclic amines) is 1. The van der Waals surface area contributed by atoms with Gasteiger partial charge in [-0.05, 0) is 124 Å². The second-order valence-electron chi connectivity index (χ2n) is 17.8. The molecule has 0 bridgehead atoms. The smallest absolute Gasteiger partial charge is 0.258 e. The molecule has 1 saturated heterocycles. The summed E-state index contributed by atoms with van der Waals surface area (Å²) < 4.78 is 16.4. The van der Waals surface area contributed by atoms with Crippen molar-refractivity contribution in [2.75, 3.05) is 18.4 Å². The molecule has 1 aliphatic rings. The number of hydrogen-bond donors (Lipinski definition) is 4. The lowest BCUT2D eigenvalue weighted by molar-refractivity contribution is -0.132. The number of carbonyl (C=O) groups is 3. The molecule has 3 aromatic carbocycles. The lowest BCUT2D eigenvalue weighted by atomic mass is 9.94. The molecule has 10 heteroatoms. The molecule has 68 heavy (non-hydrogen) atoms. The van der Waals surface area contributed by atoms with E-state index in [1.165, 1.54) is 12.1 Å². The number of para-hydroxylation sites is 1. The average Bonchev–Trinajstić information content (AvgIpc) is 3.68. The molecule has 0 unspecified atom stereocenters. The van der Waals surface area contributed by atoms with Crippen molar-refractivity contribution in [2.45, 2.75) is 135 Å². The Morgan fingerprint density at radius 2 is 1.31 bits per heavy atom. The van der Waals surface area contributed by atoms with Crippen LogP contribution in [0.25, 0.3) is 22.4 Å². The predicted molar refractivity (Wildman–Crippen MR) is 276 cm³/mol. The molecule has 3 amide bonds. The van der Waals surface area contributed by atoms with E-state index in [2.05, 4.69) is 78.3 Å². The lowest BCUT2D eigenvalue weighted by Crippen LogP contribution is -2.47. The molecule has 2 atom stereocenters. The Morgan fingerprint density at radius 3 is 1.90 bits per heavy atom. The molecule has 1 aromatic heterocycles. The van der Waals surface area contributed by atoms with Crippen molar-refractivity contribution in [3.05, 3.63) is 163 Å². The highest BCUT2D eigenvalue weighted by Crippen LogP contribution is 2.42. The van der Waals surface area contributed by atoms with Gasteiger partial charge in [-0.3, -0.25) is 14.4 Å². The van der Waals surface area contributed by atoms with E-state index in [1.807, 2.05) is 84.0 Å². The van der Waals surface area contributed by atoms with Crippen LogP contribution in [0.5, 0.6) is 0 Å². The van der Waals surface area contributed by atoms with Crippen molar-refractivity contribution in [1.82, 2.24) is 14.8 Å². The third-order valence-electron chi connectivity index (χ3n) is 12.1. The molecule has 1 fully saturated rings. The first kappa shape index (κ1) is 52.9. The van der Waals surface area contributed by atoms with Gasteiger partial charge in [-0.25, -0.2) is 4.39 Å². The summed E-state index contributed by atoms with van der Waals surface area (Å²) in [5, 5.41) is 28.4. The molecular weight excluding hydrogens is 852 g/mol. The number of halogens is 1. The number of nitrogens with zero attached hydrogens (tertiary/aromatic N) is 2. The number of anilines is 1. The van der Waals surface area contributed by atoms with E-state index in [1.54, 1.807) is 12.1 Å². The molecule has 2 heterocycles. The highest BCUT2D eigenvalue weighted by Gasteiger charge is 2.31. The minimum Gasteiger partial charge on any atom is -0.393 e. The number of aliphatic hydroxyl groups is 2. The number of rotatable bonds is 26. The SMILES string of the molecule is CCC=CCC=CCC=CCC=CCC=CCCCC(=O)N1CCC(NC(=O)C[C@H](O)C[C@H](O)CCn2c(-c3ccc(F)cc3)c(-c3ccccc3)c(C(=O)Nc3ccccc3)c2C(C)C)CC1. The van der Waals surface area contributed by atoms with Gasteiger partial charge in [0.25, 0.3) is 5.91 Å². The maximum Gasteiger partial charge on any atom is 0.258 e. The van der Waals surface area contributed by atoms with Gasteiger partial charge >= 0.3 is 0 Å². The van der Waals surface area contributed by atoms with Crippen molar-refractivity contribution in [3.8, 4) is 22.4 Å². The number of hydrogen-bond acceptors (Lipinski definition) is 5. The van der Waals surface area contributed by atoms with Crippen LogP contribution in [-0.2, 0) is 16.1 Å².